The molecule has 5 atom stereocenters. The Balaban J connectivity index is 2.47. The number of ketones is 1. The van der Waals surface area contributed by atoms with Gasteiger partial charge in [0.25, 0.3) is 0 Å². The first-order valence-corrected chi connectivity index (χ1v) is 8.45. The van der Waals surface area contributed by atoms with E-state index in [1.165, 1.54) is 12.8 Å². The second-order valence-electron chi connectivity index (χ2n) is 6.26. The fraction of sp³-hybridized carbons (Fsp3) is 0.938. The maximum atomic E-state index is 12.2. The number of carbonyl (C=O) groups excluding carboxylic acids is 1. The molecule has 0 unspecified atom stereocenters. The van der Waals surface area contributed by atoms with E-state index in [0.717, 1.165) is 25.7 Å². The van der Waals surface area contributed by atoms with Crippen LogP contribution in [0.4, 0.5) is 0 Å². The van der Waals surface area contributed by atoms with Gasteiger partial charge in [-0.25, -0.2) is 0 Å². The van der Waals surface area contributed by atoms with Gasteiger partial charge >= 0.3 is 0 Å². The van der Waals surface area contributed by atoms with Crippen molar-refractivity contribution in [1.29, 1.82) is 0 Å². The molecule has 7 heteroatoms. The van der Waals surface area contributed by atoms with Crippen molar-refractivity contribution >= 4 is 5.78 Å². The minimum Gasteiger partial charge on any atom is -0.394 e. The van der Waals surface area contributed by atoms with E-state index in [1.54, 1.807) is 0 Å². The van der Waals surface area contributed by atoms with Gasteiger partial charge in [-0.3, -0.25) is 4.79 Å². The van der Waals surface area contributed by atoms with Crippen LogP contribution in [0.3, 0.4) is 0 Å². The fourth-order valence-electron chi connectivity index (χ4n) is 2.86. The monoisotopic (exact) mass is 334 g/mol. The lowest BCUT2D eigenvalue weighted by molar-refractivity contribution is -0.317. The van der Waals surface area contributed by atoms with Crippen LogP contribution in [0.1, 0.15) is 58.3 Å². The maximum absolute atomic E-state index is 12.2. The number of hydrogen-bond acceptors (Lipinski definition) is 7. The number of aliphatic hydroxyl groups excluding tert-OH is 4. The average Bonchev–Trinajstić information content (AvgIpc) is 2.55. The van der Waals surface area contributed by atoms with Crippen LogP contribution in [0.15, 0.2) is 0 Å². The lowest BCUT2D eigenvalue weighted by Crippen LogP contribution is -2.69. The van der Waals surface area contributed by atoms with Gasteiger partial charge in [-0.05, 0) is 6.42 Å². The van der Waals surface area contributed by atoms with Gasteiger partial charge in [0.2, 0.25) is 5.60 Å². The molecule has 0 amide bonds. The Morgan fingerprint density at radius 3 is 2.17 bits per heavy atom. The van der Waals surface area contributed by atoms with Gasteiger partial charge in [0.1, 0.15) is 18.3 Å². The molecule has 5 N–H and O–H groups in total. The Hall–Kier alpha value is -0.570. The molecular formula is C16H30O7. The topological polar surface area (TPSA) is 127 Å². The third kappa shape index (κ3) is 4.95. The fourth-order valence-corrected chi connectivity index (χ4v) is 2.86. The molecule has 0 spiro atoms. The van der Waals surface area contributed by atoms with Crippen LogP contribution in [0, 0.1) is 0 Å². The second kappa shape index (κ2) is 9.66. The summed E-state index contributed by atoms with van der Waals surface area (Å²) >= 11 is 0. The van der Waals surface area contributed by atoms with Gasteiger partial charge in [-0.15, -0.1) is 0 Å². The van der Waals surface area contributed by atoms with Gasteiger partial charge in [0.05, 0.1) is 6.61 Å². The second-order valence-corrected chi connectivity index (χ2v) is 6.26. The summed E-state index contributed by atoms with van der Waals surface area (Å²) in [5.74, 6) is -0.763. The van der Waals surface area contributed by atoms with Crippen LogP contribution in [0.25, 0.3) is 0 Å². The molecule has 0 bridgehead atoms. The smallest absolute Gasteiger partial charge is 0.202 e. The summed E-state index contributed by atoms with van der Waals surface area (Å²) in [6.45, 7) is 1.50. The van der Waals surface area contributed by atoms with Gasteiger partial charge < -0.3 is 30.3 Å². The van der Waals surface area contributed by atoms with Crippen LogP contribution in [-0.4, -0.2) is 68.1 Å². The third-order valence-corrected chi connectivity index (χ3v) is 4.47. The van der Waals surface area contributed by atoms with Gasteiger partial charge in [-0.1, -0.05) is 45.4 Å². The summed E-state index contributed by atoms with van der Waals surface area (Å²) in [5.41, 5.74) is -2.56. The van der Waals surface area contributed by atoms with E-state index >= 15 is 0 Å². The van der Waals surface area contributed by atoms with Gasteiger partial charge in [0, 0.05) is 6.42 Å². The Kier molecular flexibility index (Phi) is 8.60. The van der Waals surface area contributed by atoms with Crippen molar-refractivity contribution in [3.63, 3.8) is 0 Å². The van der Waals surface area contributed by atoms with Gasteiger partial charge in [-0.2, -0.15) is 0 Å². The molecular weight excluding hydrogens is 304 g/mol. The Morgan fingerprint density at radius 1 is 1.04 bits per heavy atom. The van der Waals surface area contributed by atoms with Crippen LogP contribution in [0.2, 0.25) is 0 Å². The molecule has 1 aliphatic rings. The number of carbonyl (C=O) groups is 1. The standard InChI is InChI=1S/C16H30O7/c1-2-3-4-5-6-7-8-9-12(18)16(22)14(20)13(19)11(10-17)23-15(16)21/h11,13-15,17,19-22H,2-10H2,1H3/t11-,13-,14+,15+,16-/m1/s1. The molecule has 1 rings (SSSR count). The highest BCUT2D eigenvalue weighted by Gasteiger charge is 2.58. The van der Waals surface area contributed by atoms with Crippen LogP contribution in [-0.2, 0) is 9.53 Å². The van der Waals surface area contributed by atoms with Gasteiger partial charge in [0.15, 0.2) is 12.1 Å². The normalized spacial score (nSPS) is 34.5. The van der Waals surface area contributed by atoms with E-state index < -0.39 is 42.6 Å². The first-order chi connectivity index (χ1) is 10.9. The van der Waals surface area contributed by atoms with E-state index in [-0.39, 0.29) is 6.42 Å². The van der Waals surface area contributed by atoms with E-state index in [9.17, 15) is 25.2 Å². The minimum atomic E-state index is -2.56. The number of rotatable bonds is 10. The maximum Gasteiger partial charge on any atom is 0.202 e. The zero-order valence-electron chi connectivity index (χ0n) is 13.7. The van der Waals surface area contributed by atoms with E-state index in [2.05, 4.69) is 6.92 Å². The summed E-state index contributed by atoms with van der Waals surface area (Å²) < 4.78 is 4.85. The molecule has 0 saturated carbocycles. The number of aliphatic hydroxyl groups is 5. The quantitative estimate of drug-likeness (QED) is 0.352. The van der Waals surface area contributed by atoms with Crippen molar-refractivity contribution in [2.24, 2.45) is 0 Å². The third-order valence-electron chi connectivity index (χ3n) is 4.47. The highest BCUT2D eigenvalue weighted by Crippen LogP contribution is 2.31. The number of unbranched alkanes of at least 4 members (excludes halogenated alkanes) is 6. The van der Waals surface area contributed by atoms with Crippen LogP contribution < -0.4 is 0 Å². The predicted octanol–water partition coefficient (Wildman–Crippen LogP) is -0.141. The highest BCUT2D eigenvalue weighted by molar-refractivity contribution is 5.88. The molecule has 0 aliphatic carbocycles. The molecule has 0 aromatic heterocycles. The molecule has 7 nitrogen and oxygen atoms in total. The predicted molar refractivity (Wildman–Crippen MR) is 82.5 cm³/mol. The van der Waals surface area contributed by atoms with E-state index in [4.69, 9.17) is 9.84 Å². The Bertz CT molecular complexity index is 362. The van der Waals surface area contributed by atoms with E-state index in [1.807, 2.05) is 0 Å². The van der Waals surface area contributed by atoms with Crippen molar-refractivity contribution in [3.05, 3.63) is 0 Å². The highest BCUT2D eigenvalue weighted by atomic mass is 16.6. The van der Waals surface area contributed by atoms with Crippen LogP contribution in [0.5, 0.6) is 0 Å². The number of ether oxygens (including phenoxy) is 1. The largest absolute Gasteiger partial charge is 0.394 e. The van der Waals surface area contributed by atoms with E-state index in [0.29, 0.717) is 6.42 Å². The molecule has 1 aliphatic heterocycles. The van der Waals surface area contributed by atoms with Crippen molar-refractivity contribution < 1.29 is 35.1 Å². The first kappa shape index (κ1) is 20.5. The summed E-state index contributed by atoms with van der Waals surface area (Å²) in [7, 11) is 0. The number of hydrogen-bond donors (Lipinski definition) is 5. The molecule has 1 saturated heterocycles. The minimum absolute atomic E-state index is 0.0156. The SMILES string of the molecule is CCCCCCCCCC(=O)[C@]1(O)[C@@H](O)O[C@H](CO)[C@@H](O)[C@@H]1O. The van der Waals surface area contributed by atoms with Crippen molar-refractivity contribution in [2.75, 3.05) is 6.61 Å². The first-order valence-electron chi connectivity index (χ1n) is 8.45. The summed E-state index contributed by atoms with van der Waals surface area (Å²) in [6.07, 6.45) is 0.171. The molecule has 0 aromatic rings. The van der Waals surface area contributed by atoms with Crippen molar-refractivity contribution in [3.8, 4) is 0 Å². The Labute approximate surface area is 136 Å². The molecule has 1 heterocycles. The van der Waals surface area contributed by atoms with Crippen molar-refractivity contribution in [1.82, 2.24) is 0 Å². The summed E-state index contributed by atoms with van der Waals surface area (Å²) in [4.78, 5) is 12.2. The molecule has 0 aromatic carbocycles. The zero-order chi connectivity index (χ0) is 17.5. The van der Waals surface area contributed by atoms with Crippen molar-refractivity contribution in [2.45, 2.75) is 88.5 Å². The lowest BCUT2D eigenvalue weighted by Gasteiger charge is -2.44. The molecule has 0 radical (unpaired) electrons. The zero-order valence-corrected chi connectivity index (χ0v) is 13.7. The molecule has 1 fully saturated rings. The molecule has 136 valence electrons. The average molecular weight is 334 g/mol. The molecule has 23 heavy (non-hydrogen) atoms. The summed E-state index contributed by atoms with van der Waals surface area (Å²) in [6, 6.07) is 0. The van der Waals surface area contributed by atoms with Crippen LogP contribution >= 0.6 is 0 Å². The Morgan fingerprint density at radius 2 is 1.61 bits per heavy atom. The lowest BCUT2D eigenvalue weighted by atomic mass is 9.81. The number of Topliss-reactive ketones (excluding diaryl/α,β-unsaturated/α-hetero) is 1. The summed E-state index contributed by atoms with van der Waals surface area (Å²) in [5, 5.41) is 48.9.